The molecule has 0 saturated heterocycles. The Morgan fingerprint density at radius 1 is 1.30 bits per heavy atom. The number of carbonyl (C=O) groups excluding carboxylic acids is 2. The molecule has 1 aromatic rings. The standard InChI is InChI=1S/C23H28ClN5O3S.2C2H6/c1-14(30)29(2)16-7-8-17(18(10-16)19-11-21(24)26-12-20(19)32-3)23(31)27-13-33-22(28-25)9-6-15-4-5-15;2*1-2/h7-8,10-12,15,21-22,26,28H,4-5,13,25H2,1-3H3,(H,27,31);2*1-2H3. The monoisotopic (exact) mass is 549 g/mol. The maximum atomic E-state index is 13.1. The second kappa shape index (κ2) is 17.0. The maximum Gasteiger partial charge on any atom is 0.252 e. The van der Waals surface area contributed by atoms with E-state index in [1.54, 1.807) is 44.6 Å². The van der Waals surface area contributed by atoms with E-state index in [0.717, 1.165) is 12.8 Å². The number of amides is 2. The van der Waals surface area contributed by atoms with Crippen molar-refractivity contribution < 1.29 is 14.3 Å². The molecule has 2 atom stereocenters. The van der Waals surface area contributed by atoms with Crippen LogP contribution < -0.4 is 26.8 Å². The number of hydrazine groups is 1. The summed E-state index contributed by atoms with van der Waals surface area (Å²) in [4.78, 5) is 26.5. The summed E-state index contributed by atoms with van der Waals surface area (Å²) >= 11 is 7.67. The number of nitrogens with zero attached hydrogens (tertiary/aromatic N) is 1. The summed E-state index contributed by atoms with van der Waals surface area (Å²) in [5.41, 5.74) is 4.52. The SMILES string of the molecule is CC.CC.COC1=CNC(Cl)C=C1c1cc(N(C)C(C)=O)ccc1C(=O)NCSC(C#CC1CC1)NN. The molecule has 10 heteroatoms. The number of alkyl halides is 1. The molecular weight excluding hydrogens is 510 g/mol. The number of ether oxygens (including phenoxy) is 1. The smallest absolute Gasteiger partial charge is 0.252 e. The van der Waals surface area contributed by atoms with Gasteiger partial charge in [-0.25, -0.2) is 5.43 Å². The fourth-order valence-electron chi connectivity index (χ4n) is 3.08. The zero-order chi connectivity index (χ0) is 28.0. The maximum absolute atomic E-state index is 13.1. The van der Waals surface area contributed by atoms with Crippen LogP contribution in [0, 0.1) is 17.8 Å². The lowest BCUT2D eigenvalue weighted by atomic mass is 9.95. The van der Waals surface area contributed by atoms with Crippen LogP contribution in [0.15, 0.2) is 36.2 Å². The van der Waals surface area contributed by atoms with Gasteiger partial charge in [-0.15, -0.1) is 11.8 Å². The van der Waals surface area contributed by atoms with Crippen molar-refractivity contribution >= 4 is 46.4 Å². The number of thioether (sulfide) groups is 1. The summed E-state index contributed by atoms with van der Waals surface area (Å²) in [6.07, 6.45) is 5.69. The molecular formula is C27H40ClN5O3S. The summed E-state index contributed by atoms with van der Waals surface area (Å²) in [5.74, 6) is 12.7. The summed E-state index contributed by atoms with van der Waals surface area (Å²) in [7, 11) is 3.22. The average Bonchev–Trinajstić information content (AvgIpc) is 3.76. The topological polar surface area (TPSA) is 109 Å². The third kappa shape index (κ3) is 9.97. The number of dihydropyridines is 1. The van der Waals surface area contributed by atoms with Gasteiger partial charge in [-0.3, -0.25) is 15.4 Å². The van der Waals surface area contributed by atoms with Crippen LogP contribution in [0.4, 0.5) is 5.69 Å². The second-order valence-electron chi connectivity index (χ2n) is 7.60. The van der Waals surface area contributed by atoms with Crippen molar-refractivity contribution in [3.8, 4) is 11.8 Å². The highest BCUT2D eigenvalue weighted by Crippen LogP contribution is 2.33. The normalized spacial score (nSPS) is 16.4. The van der Waals surface area contributed by atoms with Crippen LogP contribution in [0.25, 0.3) is 5.57 Å². The minimum atomic E-state index is -0.471. The number of allylic oxidation sites excluding steroid dienone is 1. The van der Waals surface area contributed by atoms with Gasteiger partial charge in [0.2, 0.25) is 5.91 Å². The van der Waals surface area contributed by atoms with Crippen molar-refractivity contribution in [1.29, 1.82) is 0 Å². The van der Waals surface area contributed by atoms with Crippen molar-refractivity contribution in [1.82, 2.24) is 16.1 Å². The predicted molar refractivity (Wildman–Crippen MR) is 156 cm³/mol. The molecule has 2 aliphatic rings. The number of anilines is 1. The Hall–Kier alpha value is -2.64. The molecule has 1 heterocycles. The third-order valence-corrected chi connectivity index (χ3v) is 6.35. The zero-order valence-corrected chi connectivity index (χ0v) is 24.3. The zero-order valence-electron chi connectivity index (χ0n) is 22.8. The Balaban J connectivity index is 0.00000163. The minimum Gasteiger partial charge on any atom is -0.495 e. The summed E-state index contributed by atoms with van der Waals surface area (Å²) in [6, 6.07) is 5.20. The molecule has 0 aromatic heterocycles. The van der Waals surface area contributed by atoms with E-state index in [9.17, 15) is 9.59 Å². The molecule has 1 fully saturated rings. The summed E-state index contributed by atoms with van der Waals surface area (Å²) in [6.45, 7) is 9.48. The Morgan fingerprint density at radius 3 is 2.54 bits per heavy atom. The highest BCUT2D eigenvalue weighted by atomic mass is 35.5. The number of hydrogen-bond donors (Lipinski definition) is 4. The van der Waals surface area contributed by atoms with Crippen LogP contribution >= 0.6 is 23.4 Å². The van der Waals surface area contributed by atoms with Crippen molar-refractivity contribution in [2.75, 3.05) is 24.9 Å². The first-order valence-corrected chi connectivity index (χ1v) is 13.9. The van der Waals surface area contributed by atoms with E-state index in [1.165, 1.54) is 23.6 Å². The summed E-state index contributed by atoms with van der Waals surface area (Å²) < 4.78 is 5.49. The first-order valence-electron chi connectivity index (χ1n) is 12.5. The molecule has 0 radical (unpaired) electrons. The number of nitrogens with two attached hydrogens (primary N) is 1. The number of halogens is 1. The molecule has 1 aromatic carbocycles. The number of rotatable bonds is 8. The van der Waals surface area contributed by atoms with Crippen LogP contribution in [0.5, 0.6) is 0 Å². The Morgan fingerprint density at radius 2 is 1.97 bits per heavy atom. The third-order valence-electron chi connectivity index (χ3n) is 5.20. The molecule has 5 N–H and O–H groups in total. The van der Waals surface area contributed by atoms with E-state index in [2.05, 4.69) is 27.9 Å². The van der Waals surface area contributed by atoms with Gasteiger partial charge in [0.25, 0.3) is 5.91 Å². The Bertz CT molecular complexity index is 1030. The molecule has 2 amide bonds. The summed E-state index contributed by atoms with van der Waals surface area (Å²) in [5, 5.41) is 5.60. The Labute approximate surface area is 230 Å². The molecule has 37 heavy (non-hydrogen) atoms. The van der Waals surface area contributed by atoms with Gasteiger partial charge in [0.1, 0.15) is 16.6 Å². The predicted octanol–water partition coefficient (Wildman–Crippen LogP) is 4.38. The van der Waals surface area contributed by atoms with Gasteiger partial charge in [-0.05, 0) is 37.1 Å². The fourth-order valence-corrected chi connectivity index (χ4v) is 3.90. The van der Waals surface area contributed by atoms with Crippen molar-refractivity contribution in [2.24, 2.45) is 11.8 Å². The Kier molecular flexibility index (Phi) is 14.9. The first kappa shape index (κ1) is 32.4. The van der Waals surface area contributed by atoms with Gasteiger partial charge in [0.05, 0.1) is 13.0 Å². The lowest BCUT2D eigenvalue weighted by Gasteiger charge is -2.23. The van der Waals surface area contributed by atoms with Gasteiger partial charge in [0, 0.05) is 48.5 Å². The largest absolute Gasteiger partial charge is 0.495 e. The van der Waals surface area contributed by atoms with E-state index in [4.69, 9.17) is 22.2 Å². The van der Waals surface area contributed by atoms with Crippen LogP contribution in [-0.2, 0) is 9.53 Å². The van der Waals surface area contributed by atoms with E-state index in [1.807, 2.05) is 27.7 Å². The van der Waals surface area contributed by atoms with Gasteiger partial charge < -0.3 is 20.3 Å². The minimum absolute atomic E-state index is 0.126. The van der Waals surface area contributed by atoms with Crippen molar-refractivity contribution in [3.63, 3.8) is 0 Å². The van der Waals surface area contributed by atoms with Crippen molar-refractivity contribution in [3.05, 3.63) is 47.4 Å². The number of methoxy groups -OCH3 is 1. The molecule has 3 rings (SSSR count). The lowest BCUT2D eigenvalue weighted by molar-refractivity contribution is -0.116. The highest BCUT2D eigenvalue weighted by Gasteiger charge is 2.23. The number of carbonyl (C=O) groups is 2. The van der Waals surface area contributed by atoms with Crippen molar-refractivity contribution in [2.45, 2.75) is 58.3 Å². The van der Waals surface area contributed by atoms with Crippen LogP contribution in [0.3, 0.4) is 0 Å². The second-order valence-corrected chi connectivity index (χ2v) is 9.16. The van der Waals surface area contributed by atoms with E-state index in [-0.39, 0.29) is 17.2 Å². The molecule has 8 nitrogen and oxygen atoms in total. The average molecular weight is 550 g/mol. The van der Waals surface area contributed by atoms with E-state index >= 15 is 0 Å². The highest BCUT2D eigenvalue weighted by molar-refractivity contribution is 8.00. The first-order chi connectivity index (χ1) is 17.8. The molecule has 1 aliphatic carbocycles. The number of hydrogen-bond acceptors (Lipinski definition) is 7. The molecule has 0 bridgehead atoms. The molecule has 1 aliphatic heterocycles. The number of nitrogens with one attached hydrogen (secondary N) is 3. The fraction of sp³-hybridized carbons (Fsp3) is 0.481. The van der Waals surface area contributed by atoms with Gasteiger partial charge >= 0.3 is 0 Å². The molecule has 2 unspecified atom stereocenters. The van der Waals surface area contributed by atoms with E-state index < -0.39 is 5.50 Å². The molecule has 204 valence electrons. The quantitative estimate of drug-likeness (QED) is 0.0951. The lowest BCUT2D eigenvalue weighted by Crippen LogP contribution is -2.34. The molecule has 0 spiro atoms. The van der Waals surface area contributed by atoms with Gasteiger partial charge in [-0.2, -0.15) is 0 Å². The van der Waals surface area contributed by atoms with E-state index in [0.29, 0.717) is 39.9 Å². The van der Waals surface area contributed by atoms with Crippen LogP contribution in [0.1, 0.15) is 63.4 Å². The van der Waals surface area contributed by atoms with Crippen LogP contribution in [-0.4, -0.2) is 42.7 Å². The molecule has 1 saturated carbocycles. The van der Waals surface area contributed by atoms with Gasteiger partial charge in [0.15, 0.2) is 0 Å². The van der Waals surface area contributed by atoms with Gasteiger partial charge in [-0.1, -0.05) is 51.1 Å². The van der Waals surface area contributed by atoms with Crippen LogP contribution in [0.2, 0.25) is 0 Å². The number of benzene rings is 1.